The van der Waals surface area contributed by atoms with Crippen LogP contribution in [0.25, 0.3) is 0 Å². The third-order valence-corrected chi connectivity index (χ3v) is 5.19. The van der Waals surface area contributed by atoms with Crippen molar-refractivity contribution in [1.29, 1.82) is 0 Å². The Balaban J connectivity index is 1.61. The zero-order valence-corrected chi connectivity index (χ0v) is 15.1. The van der Waals surface area contributed by atoms with Gasteiger partial charge in [-0.1, -0.05) is 25.0 Å². The predicted molar refractivity (Wildman–Crippen MR) is 101 cm³/mol. The zero-order valence-electron chi connectivity index (χ0n) is 15.1. The Morgan fingerprint density at radius 1 is 1.16 bits per heavy atom. The number of nitrogens with zero attached hydrogens (tertiary/aromatic N) is 3. The Labute approximate surface area is 150 Å². The normalized spacial score (nSPS) is 20.8. The molecular weight excluding hydrogens is 316 g/mol. The molecule has 1 heterocycles. The lowest BCUT2D eigenvalue weighted by atomic mass is 10.0. The van der Waals surface area contributed by atoms with Crippen LogP contribution in [0, 0.1) is 0 Å². The first-order valence-electron chi connectivity index (χ1n) is 9.40. The highest BCUT2D eigenvalue weighted by molar-refractivity contribution is 5.80. The maximum atomic E-state index is 10.5. The van der Waals surface area contributed by atoms with E-state index in [0.29, 0.717) is 12.3 Å². The van der Waals surface area contributed by atoms with Crippen LogP contribution in [0.15, 0.2) is 29.3 Å². The van der Waals surface area contributed by atoms with Crippen LogP contribution in [0.4, 0.5) is 5.69 Å². The number of benzene rings is 1. The van der Waals surface area contributed by atoms with Gasteiger partial charge in [0.05, 0.1) is 17.8 Å². The fourth-order valence-corrected chi connectivity index (χ4v) is 3.73. The Morgan fingerprint density at radius 3 is 2.48 bits per heavy atom. The van der Waals surface area contributed by atoms with Crippen molar-refractivity contribution in [3.8, 4) is 5.75 Å². The summed E-state index contributed by atoms with van der Waals surface area (Å²) in [5.74, 6) is 1.22. The van der Waals surface area contributed by atoms with E-state index in [-0.39, 0.29) is 0 Å². The molecule has 138 valence electrons. The van der Waals surface area contributed by atoms with Crippen molar-refractivity contribution in [2.75, 3.05) is 44.2 Å². The van der Waals surface area contributed by atoms with E-state index in [1.165, 1.54) is 0 Å². The summed E-state index contributed by atoms with van der Waals surface area (Å²) < 4.78 is 0. The first-order chi connectivity index (χ1) is 12.1. The number of rotatable bonds is 4. The molecular formula is C19H30N4O2. The van der Waals surface area contributed by atoms with Crippen molar-refractivity contribution in [3.63, 3.8) is 0 Å². The zero-order chi connectivity index (χ0) is 17.7. The third kappa shape index (κ3) is 4.37. The number of hydrogen-bond donors (Lipinski definition) is 3. The number of para-hydroxylation sites is 2. The number of phenolic OH excluding ortho intramolecular Hbond substituents is 1. The van der Waals surface area contributed by atoms with Crippen LogP contribution in [-0.2, 0) is 0 Å². The number of guanidine groups is 1. The fraction of sp³-hybridized carbons (Fsp3) is 0.632. The molecule has 0 aromatic heterocycles. The molecule has 2 fully saturated rings. The molecule has 0 atom stereocenters. The van der Waals surface area contributed by atoms with Gasteiger partial charge >= 0.3 is 0 Å². The molecule has 1 aliphatic heterocycles. The molecule has 1 aromatic rings. The van der Waals surface area contributed by atoms with E-state index < -0.39 is 5.60 Å². The number of aromatic hydroxyl groups is 1. The van der Waals surface area contributed by atoms with E-state index in [0.717, 1.165) is 70.1 Å². The summed E-state index contributed by atoms with van der Waals surface area (Å²) in [6, 6.07) is 7.49. The summed E-state index contributed by atoms with van der Waals surface area (Å²) in [7, 11) is 0. The summed E-state index contributed by atoms with van der Waals surface area (Å²) >= 11 is 0. The summed E-state index contributed by atoms with van der Waals surface area (Å²) in [6.45, 7) is 6.74. The number of piperazine rings is 1. The summed E-state index contributed by atoms with van der Waals surface area (Å²) in [6.07, 6.45) is 3.91. The monoisotopic (exact) mass is 346 g/mol. The van der Waals surface area contributed by atoms with Crippen LogP contribution >= 0.6 is 0 Å². The molecule has 1 saturated carbocycles. The Kier molecular flexibility index (Phi) is 5.68. The second-order valence-electron chi connectivity index (χ2n) is 7.06. The number of aliphatic imine (C=N–C) groups is 1. The molecule has 0 bridgehead atoms. The van der Waals surface area contributed by atoms with E-state index in [1.54, 1.807) is 6.07 Å². The second-order valence-corrected chi connectivity index (χ2v) is 7.06. The van der Waals surface area contributed by atoms with Crippen molar-refractivity contribution in [2.24, 2.45) is 4.99 Å². The van der Waals surface area contributed by atoms with Crippen molar-refractivity contribution in [1.82, 2.24) is 10.2 Å². The lowest BCUT2D eigenvalue weighted by molar-refractivity contribution is 0.0571. The van der Waals surface area contributed by atoms with E-state index in [9.17, 15) is 10.2 Å². The van der Waals surface area contributed by atoms with Crippen LogP contribution in [0.3, 0.4) is 0 Å². The minimum atomic E-state index is -0.613. The second kappa shape index (κ2) is 7.95. The van der Waals surface area contributed by atoms with Gasteiger partial charge in [-0.05, 0) is 31.9 Å². The Morgan fingerprint density at radius 2 is 1.84 bits per heavy atom. The quantitative estimate of drug-likeness (QED) is 0.573. The Bertz CT molecular complexity index is 591. The fourth-order valence-electron chi connectivity index (χ4n) is 3.73. The average molecular weight is 346 g/mol. The standard InChI is InChI=1S/C19H30N4O2/c1-2-20-18(21-15-19(25)9-5-6-10-19)23-13-11-22(12-14-23)16-7-3-4-8-17(16)24/h3-4,7-8,24-25H,2,5-6,9-15H2,1H3,(H,20,21). The van der Waals surface area contributed by atoms with E-state index in [2.05, 4.69) is 22.0 Å². The maximum absolute atomic E-state index is 10.5. The maximum Gasteiger partial charge on any atom is 0.194 e. The van der Waals surface area contributed by atoms with Gasteiger partial charge in [0.1, 0.15) is 5.75 Å². The van der Waals surface area contributed by atoms with E-state index >= 15 is 0 Å². The lowest BCUT2D eigenvalue weighted by Crippen LogP contribution is -2.53. The number of nitrogens with one attached hydrogen (secondary N) is 1. The molecule has 1 aromatic carbocycles. The van der Waals surface area contributed by atoms with Gasteiger partial charge in [0, 0.05) is 32.7 Å². The van der Waals surface area contributed by atoms with Crippen molar-refractivity contribution in [2.45, 2.75) is 38.2 Å². The number of phenols is 1. The van der Waals surface area contributed by atoms with Gasteiger partial charge in [0.2, 0.25) is 0 Å². The highest BCUT2D eigenvalue weighted by atomic mass is 16.3. The molecule has 25 heavy (non-hydrogen) atoms. The largest absolute Gasteiger partial charge is 0.506 e. The summed E-state index contributed by atoms with van der Waals surface area (Å²) in [5, 5.41) is 23.9. The highest BCUT2D eigenvalue weighted by Gasteiger charge is 2.31. The van der Waals surface area contributed by atoms with Crippen LogP contribution in [0.1, 0.15) is 32.6 Å². The molecule has 3 N–H and O–H groups in total. The molecule has 3 rings (SSSR count). The number of anilines is 1. The molecule has 6 nitrogen and oxygen atoms in total. The van der Waals surface area contributed by atoms with Crippen LogP contribution in [0.5, 0.6) is 5.75 Å². The molecule has 0 spiro atoms. The van der Waals surface area contributed by atoms with Gasteiger partial charge in [0.15, 0.2) is 5.96 Å². The average Bonchev–Trinajstić information content (AvgIpc) is 3.06. The molecule has 2 aliphatic rings. The van der Waals surface area contributed by atoms with E-state index in [4.69, 9.17) is 4.99 Å². The van der Waals surface area contributed by atoms with Crippen molar-refractivity contribution < 1.29 is 10.2 Å². The van der Waals surface area contributed by atoms with E-state index in [1.807, 2.05) is 18.2 Å². The molecule has 0 unspecified atom stereocenters. The number of hydrogen-bond acceptors (Lipinski definition) is 4. The van der Waals surface area contributed by atoms with Crippen LogP contribution in [0.2, 0.25) is 0 Å². The van der Waals surface area contributed by atoms with Gasteiger partial charge in [-0.25, -0.2) is 0 Å². The SMILES string of the molecule is CCNC(=NCC1(O)CCCC1)N1CCN(c2ccccc2O)CC1. The van der Waals surface area contributed by atoms with Gasteiger partial charge in [-0.3, -0.25) is 4.99 Å². The first kappa shape index (κ1) is 17.9. The molecule has 1 aliphatic carbocycles. The van der Waals surface area contributed by atoms with Crippen molar-refractivity contribution in [3.05, 3.63) is 24.3 Å². The highest BCUT2D eigenvalue weighted by Crippen LogP contribution is 2.30. The summed E-state index contributed by atoms with van der Waals surface area (Å²) in [5.41, 5.74) is 0.280. The van der Waals surface area contributed by atoms with Gasteiger partial charge in [0.25, 0.3) is 0 Å². The molecule has 6 heteroatoms. The third-order valence-electron chi connectivity index (χ3n) is 5.19. The smallest absolute Gasteiger partial charge is 0.194 e. The minimum Gasteiger partial charge on any atom is -0.506 e. The van der Waals surface area contributed by atoms with Crippen LogP contribution < -0.4 is 10.2 Å². The number of aliphatic hydroxyl groups is 1. The van der Waals surface area contributed by atoms with Gasteiger partial charge in [-0.2, -0.15) is 0 Å². The Hall–Kier alpha value is -1.95. The van der Waals surface area contributed by atoms with Gasteiger partial charge < -0.3 is 25.3 Å². The predicted octanol–water partition coefficient (Wildman–Crippen LogP) is 1.78. The van der Waals surface area contributed by atoms with Gasteiger partial charge in [-0.15, -0.1) is 0 Å². The lowest BCUT2D eigenvalue weighted by Gasteiger charge is -2.38. The molecule has 0 radical (unpaired) electrons. The first-order valence-corrected chi connectivity index (χ1v) is 9.40. The van der Waals surface area contributed by atoms with Crippen LogP contribution in [-0.4, -0.2) is 65.9 Å². The topological polar surface area (TPSA) is 71.3 Å². The van der Waals surface area contributed by atoms with Crippen molar-refractivity contribution >= 4 is 11.6 Å². The minimum absolute atomic E-state index is 0.333. The molecule has 0 amide bonds. The summed E-state index contributed by atoms with van der Waals surface area (Å²) in [4.78, 5) is 9.18. The molecule has 1 saturated heterocycles.